The molecule has 0 spiro atoms. The fourth-order valence-electron chi connectivity index (χ4n) is 1.80. The first kappa shape index (κ1) is 18.9. The number of pyridine rings is 2. The lowest BCUT2D eigenvalue weighted by atomic mass is 10.2. The van der Waals surface area contributed by atoms with Crippen molar-refractivity contribution in [3.05, 3.63) is 64.3 Å². The molecule has 0 aliphatic heterocycles. The number of carbonyl (C=O) groups is 1. The van der Waals surface area contributed by atoms with E-state index in [-0.39, 0.29) is 5.97 Å². The van der Waals surface area contributed by atoms with Crippen LogP contribution in [0.25, 0.3) is 11.3 Å². The van der Waals surface area contributed by atoms with E-state index in [2.05, 4.69) is 20.2 Å². The molecular weight excluding hydrogens is 363 g/mol. The summed E-state index contributed by atoms with van der Waals surface area (Å²) in [5.74, 6) is -0.373. The number of carbonyl (C=O) groups excluding carboxylic acids is 1. The van der Waals surface area contributed by atoms with Crippen LogP contribution in [0.15, 0.2) is 42.7 Å². The van der Waals surface area contributed by atoms with Gasteiger partial charge in [-0.15, -0.1) is 0 Å². The van der Waals surface area contributed by atoms with Gasteiger partial charge in [-0.1, -0.05) is 23.2 Å². The van der Waals surface area contributed by atoms with Gasteiger partial charge in [0.2, 0.25) is 0 Å². The van der Waals surface area contributed by atoms with E-state index < -0.39 is 0 Å². The van der Waals surface area contributed by atoms with Crippen molar-refractivity contribution in [1.82, 2.24) is 20.2 Å². The Morgan fingerprint density at radius 1 is 1.12 bits per heavy atom. The van der Waals surface area contributed by atoms with Crippen LogP contribution in [0, 0.1) is 6.92 Å². The second-order valence-corrected chi connectivity index (χ2v) is 5.67. The number of esters is 1. The van der Waals surface area contributed by atoms with E-state index >= 15 is 0 Å². The molecular formula is C17H16Cl2N4O2. The lowest BCUT2D eigenvalue weighted by molar-refractivity contribution is 0.0526. The molecule has 0 atom stereocenters. The highest BCUT2D eigenvalue weighted by Crippen LogP contribution is 2.17. The minimum atomic E-state index is -0.373. The fourth-order valence-corrected chi connectivity index (χ4v) is 2.03. The van der Waals surface area contributed by atoms with Crippen LogP contribution in [-0.4, -0.2) is 32.7 Å². The van der Waals surface area contributed by atoms with E-state index in [1.54, 1.807) is 31.3 Å². The summed E-state index contributed by atoms with van der Waals surface area (Å²) in [6.45, 7) is 4.07. The van der Waals surface area contributed by atoms with Crippen LogP contribution in [0.2, 0.25) is 10.3 Å². The smallest absolute Gasteiger partial charge is 0.339 e. The van der Waals surface area contributed by atoms with Gasteiger partial charge in [-0.3, -0.25) is 5.10 Å². The number of halogens is 2. The summed E-state index contributed by atoms with van der Waals surface area (Å²) in [5, 5.41) is 7.84. The van der Waals surface area contributed by atoms with Crippen LogP contribution in [0.1, 0.15) is 23.0 Å². The zero-order valence-electron chi connectivity index (χ0n) is 13.7. The average Bonchev–Trinajstić information content (AvgIpc) is 3.03. The first-order valence-electron chi connectivity index (χ1n) is 7.42. The van der Waals surface area contributed by atoms with Gasteiger partial charge in [0.05, 0.1) is 17.9 Å². The predicted octanol–water partition coefficient (Wildman–Crippen LogP) is 4.35. The average molecular weight is 379 g/mol. The summed E-state index contributed by atoms with van der Waals surface area (Å²) in [7, 11) is 0. The summed E-state index contributed by atoms with van der Waals surface area (Å²) in [5.41, 5.74) is 3.31. The third-order valence-corrected chi connectivity index (χ3v) is 3.41. The summed E-state index contributed by atoms with van der Waals surface area (Å²) >= 11 is 11.2. The van der Waals surface area contributed by atoms with Crippen molar-refractivity contribution < 1.29 is 9.53 Å². The Kier molecular flexibility index (Phi) is 6.91. The number of H-pyrrole nitrogens is 1. The van der Waals surface area contributed by atoms with Gasteiger partial charge < -0.3 is 4.74 Å². The fraction of sp³-hybridized carbons (Fsp3) is 0.176. The minimum absolute atomic E-state index is 0.363. The Morgan fingerprint density at radius 3 is 2.28 bits per heavy atom. The van der Waals surface area contributed by atoms with Gasteiger partial charge in [0, 0.05) is 23.7 Å². The van der Waals surface area contributed by atoms with E-state index in [4.69, 9.17) is 27.9 Å². The zero-order chi connectivity index (χ0) is 18.2. The predicted molar refractivity (Wildman–Crippen MR) is 96.8 cm³/mol. The molecule has 1 N–H and O–H groups in total. The molecule has 3 heterocycles. The van der Waals surface area contributed by atoms with E-state index in [0.29, 0.717) is 22.5 Å². The molecule has 0 aromatic carbocycles. The van der Waals surface area contributed by atoms with Gasteiger partial charge in [0.15, 0.2) is 0 Å². The van der Waals surface area contributed by atoms with Crippen molar-refractivity contribution >= 4 is 29.2 Å². The second-order valence-electron chi connectivity index (χ2n) is 4.90. The number of nitrogens with zero attached hydrogens (tertiary/aromatic N) is 3. The van der Waals surface area contributed by atoms with Crippen LogP contribution in [0.3, 0.4) is 0 Å². The van der Waals surface area contributed by atoms with Crippen LogP contribution in [-0.2, 0) is 4.74 Å². The lowest BCUT2D eigenvalue weighted by Crippen LogP contribution is -2.04. The summed E-state index contributed by atoms with van der Waals surface area (Å²) in [4.78, 5) is 18.8. The molecule has 0 saturated heterocycles. The number of aryl methyl sites for hydroxylation is 1. The zero-order valence-corrected chi connectivity index (χ0v) is 15.2. The highest BCUT2D eigenvalue weighted by atomic mass is 35.5. The SMILES string of the molecule is CCOC(=O)c1ccc(Cl)nc1.Cc1cc(-c2ccc(Cl)nc2)n[nH]1. The van der Waals surface area contributed by atoms with Crippen LogP contribution in [0.5, 0.6) is 0 Å². The molecule has 0 radical (unpaired) electrons. The van der Waals surface area contributed by atoms with Crippen LogP contribution < -0.4 is 0 Å². The molecule has 6 nitrogen and oxygen atoms in total. The normalized spacial score (nSPS) is 9.92. The number of rotatable bonds is 3. The van der Waals surface area contributed by atoms with Crippen LogP contribution in [0.4, 0.5) is 0 Å². The molecule has 0 unspecified atom stereocenters. The molecule has 0 bridgehead atoms. The Morgan fingerprint density at radius 2 is 1.80 bits per heavy atom. The molecule has 3 rings (SSSR count). The van der Waals surface area contributed by atoms with Crippen molar-refractivity contribution in [2.45, 2.75) is 13.8 Å². The van der Waals surface area contributed by atoms with Gasteiger partial charge in [-0.25, -0.2) is 14.8 Å². The van der Waals surface area contributed by atoms with Crippen molar-refractivity contribution in [1.29, 1.82) is 0 Å². The van der Waals surface area contributed by atoms with Gasteiger partial charge in [-0.2, -0.15) is 5.10 Å². The third kappa shape index (κ3) is 5.85. The molecule has 8 heteroatoms. The molecule has 0 fully saturated rings. The van der Waals surface area contributed by atoms with E-state index in [9.17, 15) is 4.79 Å². The van der Waals surface area contributed by atoms with Gasteiger partial charge in [0.1, 0.15) is 10.3 Å². The number of nitrogens with one attached hydrogen (secondary N) is 1. The molecule has 3 aromatic rings. The number of hydrogen-bond donors (Lipinski definition) is 1. The molecule has 130 valence electrons. The van der Waals surface area contributed by atoms with E-state index in [0.717, 1.165) is 17.0 Å². The minimum Gasteiger partial charge on any atom is -0.462 e. The standard InChI is InChI=1S/C9H8ClN3.C8H8ClNO2/c1-6-4-8(13-12-6)7-2-3-9(10)11-5-7;1-2-12-8(11)6-3-4-7(9)10-5-6/h2-5H,1H3,(H,12,13);3-5H,2H2,1H3. The molecule has 3 aromatic heterocycles. The maximum Gasteiger partial charge on any atom is 0.339 e. The number of aromatic nitrogens is 4. The first-order chi connectivity index (χ1) is 12.0. The maximum absolute atomic E-state index is 11.1. The number of ether oxygens (including phenoxy) is 1. The molecule has 25 heavy (non-hydrogen) atoms. The first-order valence-corrected chi connectivity index (χ1v) is 8.17. The highest BCUT2D eigenvalue weighted by Gasteiger charge is 2.05. The summed E-state index contributed by atoms with van der Waals surface area (Å²) in [6.07, 6.45) is 3.10. The number of aromatic amines is 1. The van der Waals surface area contributed by atoms with Crippen molar-refractivity contribution in [2.75, 3.05) is 6.61 Å². The van der Waals surface area contributed by atoms with Gasteiger partial charge in [-0.05, 0) is 44.2 Å². The van der Waals surface area contributed by atoms with Crippen molar-refractivity contribution in [3.8, 4) is 11.3 Å². The Bertz CT molecular complexity index is 817. The Labute approximate surface area is 155 Å². The van der Waals surface area contributed by atoms with Crippen LogP contribution >= 0.6 is 23.2 Å². The maximum atomic E-state index is 11.1. The van der Waals surface area contributed by atoms with E-state index in [1.165, 1.54) is 6.20 Å². The molecule has 0 aliphatic carbocycles. The lowest BCUT2D eigenvalue weighted by Gasteiger charge is -1.99. The summed E-state index contributed by atoms with van der Waals surface area (Å²) < 4.78 is 4.75. The molecule has 0 amide bonds. The van der Waals surface area contributed by atoms with Crippen molar-refractivity contribution in [3.63, 3.8) is 0 Å². The third-order valence-electron chi connectivity index (χ3n) is 2.97. The second kappa shape index (κ2) is 9.15. The quantitative estimate of drug-likeness (QED) is 0.541. The Balaban J connectivity index is 0.000000181. The number of hydrogen-bond acceptors (Lipinski definition) is 5. The highest BCUT2D eigenvalue weighted by molar-refractivity contribution is 6.29. The van der Waals surface area contributed by atoms with Gasteiger partial charge in [0.25, 0.3) is 0 Å². The topological polar surface area (TPSA) is 80.8 Å². The summed E-state index contributed by atoms with van der Waals surface area (Å²) in [6, 6.07) is 8.73. The monoisotopic (exact) mass is 378 g/mol. The molecule has 0 aliphatic rings. The Hall–Kier alpha value is -2.44. The molecule has 0 saturated carbocycles. The van der Waals surface area contributed by atoms with E-state index in [1.807, 2.05) is 19.1 Å². The van der Waals surface area contributed by atoms with Gasteiger partial charge >= 0.3 is 5.97 Å². The van der Waals surface area contributed by atoms with Crippen molar-refractivity contribution in [2.24, 2.45) is 0 Å². The largest absolute Gasteiger partial charge is 0.462 e.